The fourth-order valence-electron chi connectivity index (χ4n) is 3.06. The summed E-state index contributed by atoms with van der Waals surface area (Å²) in [6.07, 6.45) is 0.906. The summed E-state index contributed by atoms with van der Waals surface area (Å²) in [6, 6.07) is 15.1. The number of benzene rings is 2. The zero-order valence-corrected chi connectivity index (χ0v) is 20.4. The van der Waals surface area contributed by atoms with Crippen LogP contribution in [-0.4, -0.2) is 35.9 Å². The van der Waals surface area contributed by atoms with Crippen molar-refractivity contribution in [2.75, 3.05) is 13.2 Å². The predicted octanol–water partition coefficient (Wildman–Crippen LogP) is 5.11. The Bertz CT molecular complexity index is 852. The number of carbonyl (C=O) groups excluding carboxylic acids is 2. The second kappa shape index (κ2) is 12.5. The summed E-state index contributed by atoms with van der Waals surface area (Å²) in [6.45, 7) is 9.33. The smallest absolute Gasteiger partial charge is 0.242 e. The molecule has 0 saturated heterocycles. The summed E-state index contributed by atoms with van der Waals surface area (Å²) in [5.41, 5.74) is 2.15. The summed E-state index contributed by atoms with van der Waals surface area (Å²) >= 11 is 3.47. The van der Waals surface area contributed by atoms with Crippen molar-refractivity contribution < 1.29 is 14.3 Å². The molecular formula is C25H33BrN2O3. The third kappa shape index (κ3) is 8.74. The van der Waals surface area contributed by atoms with Crippen LogP contribution in [0, 0.1) is 12.8 Å². The fraction of sp³-hybridized carbons (Fsp3) is 0.440. The van der Waals surface area contributed by atoms with Crippen molar-refractivity contribution in [3.63, 3.8) is 0 Å². The van der Waals surface area contributed by atoms with Crippen LogP contribution in [-0.2, 0) is 16.1 Å². The molecule has 5 nitrogen and oxygen atoms in total. The molecule has 0 spiro atoms. The number of ether oxygens (including phenoxy) is 1. The highest BCUT2D eigenvalue weighted by Crippen LogP contribution is 2.17. The minimum Gasteiger partial charge on any atom is -0.494 e. The van der Waals surface area contributed by atoms with Gasteiger partial charge >= 0.3 is 0 Å². The second-order valence-electron chi connectivity index (χ2n) is 8.23. The van der Waals surface area contributed by atoms with E-state index in [0.29, 0.717) is 38.5 Å². The van der Waals surface area contributed by atoms with Gasteiger partial charge in [-0.3, -0.25) is 9.59 Å². The van der Waals surface area contributed by atoms with Crippen LogP contribution in [0.4, 0.5) is 0 Å². The van der Waals surface area contributed by atoms with E-state index in [1.165, 1.54) is 5.56 Å². The molecule has 2 rings (SSSR count). The quantitative estimate of drug-likeness (QED) is 0.447. The number of aryl methyl sites for hydroxylation is 1. The number of rotatable bonds is 11. The molecule has 1 N–H and O–H groups in total. The number of nitrogens with one attached hydrogen (secondary N) is 1. The Morgan fingerprint density at radius 1 is 1.10 bits per heavy atom. The lowest BCUT2D eigenvalue weighted by atomic mass is 10.1. The first-order valence-corrected chi connectivity index (χ1v) is 11.6. The van der Waals surface area contributed by atoms with Crippen LogP contribution in [0.5, 0.6) is 5.75 Å². The average molecular weight is 489 g/mol. The molecule has 6 heteroatoms. The first-order valence-electron chi connectivity index (χ1n) is 10.8. The van der Waals surface area contributed by atoms with Gasteiger partial charge in [-0.05, 0) is 56.0 Å². The molecule has 0 aliphatic carbocycles. The van der Waals surface area contributed by atoms with Crippen LogP contribution >= 0.6 is 15.9 Å². The summed E-state index contributed by atoms with van der Waals surface area (Å²) in [4.78, 5) is 27.4. The molecule has 0 heterocycles. The van der Waals surface area contributed by atoms with Gasteiger partial charge in [0.05, 0.1) is 6.61 Å². The molecule has 0 fully saturated rings. The Morgan fingerprint density at radius 3 is 2.45 bits per heavy atom. The monoisotopic (exact) mass is 488 g/mol. The van der Waals surface area contributed by atoms with E-state index in [1.54, 1.807) is 11.8 Å². The van der Waals surface area contributed by atoms with Crippen LogP contribution in [0.2, 0.25) is 0 Å². The number of carbonyl (C=O) groups is 2. The van der Waals surface area contributed by atoms with Crippen molar-refractivity contribution >= 4 is 27.7 Å². The number of halogens is 1. The second-order valence-corrected chi connectivity index (χ2v) is 9.15. The van der Waals surface area contributed by atoms with Gasteiger partial charge < -0.3 is 15.0 Å². The SMILES string of the molecule is Cc1ccc(OCCCC(=O)N(Cc2cccc(Br)c2)[C@H](C)C(=O)NCC(C)C)cc1. The van der Waals surface area contributed by atoms with Crippen molar-refractivity contribution in [1.29, 1.82) is 0 Å². The number of hydrogen-bond donors (Lipinski definition) is 1. The maximum absolute atomic E-state index is 13.1. The molecule has 2 amide bonds. The molecule has 0 bridgehead atoms. The lowest BCUT2D eigenvalue weighted by molar-refractivity contribution is -0.140. The van der Waals surface area contributed by atoms with Crippen molar-refractivity contribution in [1.82, 2.24) is 10.2 Å². The largest absolute Gasteiger partial charge is 0.494 e. The molecular weight excluding hydrogens is 456 g/mol. The molecule has 0 aliphatic rings. The Hall–Kier alpha value is -2.34. The minimum atomic E-state index is -0.553. The number of nitrogens with zero attached hydrogens (tertiary/aromatic N) is 1. The van der Waals surface area contributed by atoms with Crippen molar-refractivity contribution in [2.45, 2.75) is 53.1 Å². The highest BCUT2D eigenvalue weighted by atomic mass is 79.9. The van der Waals surface area contributed by atoms with Crippen LogP contribution in [0.3, 0.4) is 0 Å². The molecule has 0 aromatic heterocycles. The maximum Gasteiger partial charge on any atom is 0.242 e. The van der Waals surface area contributed by atoms with Gasteiger partial charge in [-0.15, -0.1) is 0 Å². The van der Waals surface area contributed by atoms with Gasteiger partial charge in [0.25, 0.3) is 0 Å². The Balaban J connectivity index is 1.98. The summed E-state index contributed by atoms with van der Waals surface area (Å²) in [5, 5.41) is 2.94. The molecule has 1 atom stereocenters. The van der Waals surface area contributed by atoms with E-state index < -0.39 is 6.04 Å². The molecule has 31 heavy (non-hydrogen) atoms. The average Bonchev–Trinajstić information content (AvgIpc) is 2.74. The molecule has 0 saturated carbocycles. The molecule has 2 aromatic rings. The number of hydrogen-bond acceptors (Lipinski definition) is 3. The fourth-order valence-corrected chi connectivity index (χ4v) is 3.51. The van der Waals surface area contributed by atoms with Gasteiger partial charge in [-0.1, -0.05) is 59.6 Å². The molecule has 0 unspecified atom stereocenters. The van der Waals surface area contributed by atoms with Gasteiger partial charge in [0.1, 0.15) is 11.8 Å². The van der Waals surface area contributed by atoms with E-state index in [2.05, 4.69) is 21.2 Å². The maximum atomic E-state index is 13.1. The number of amides is 2. The zero-order valence-electron chi connectivity index (χ0n) is 18.9. The van der Waals surface area contributed by atoms with Crippen LogP contribution in [0.1, 0.15) is 44.7 Å². The van der Waals surface area contributed by atoms with E-state index in [0.717, 1.165) is 15.8 Å². The Labute approximate surface area is 194 Å². The van der Waals surface area contributed by atoms with E-state index in [9.17, 15) is 9.59 Å². The van der Waals surface area contributed by atoms with E-state index in [4.69, 9.17) is 4.74 Å². The first-order chi connectivity index (χ1) is 14.8. The van der Waals surface area contributed by atoms with E-state index >= 15 is 0 Å². The first kappa shape index (κ1) is 24.9. The van der Waals surface area contributed by atoms with Gasteiger partial charge in [-0.25, -0.2) is 0 Å². The topological polar surface area (TPSA) is 58.6 Å². The highest BCUT2D eigenvalue weighted by Gasteiger charge is 2.25. The third-order valence-electron chi connectivity index (χ3n) is 4.92. The van der Waals surface area contributed by atoms with Crippen LogP contribution in [0.15, 0.2) is 53.0 Å². The van der Waals surface area contributed by atoms with Gasteiger partial charge in [-0.2, -0.15) is 0 Å². The normalized spacial score (nSPS) is 11.8. The van der Waals surface area contributed by atoms with Gasteiger partial charge in [0.2, 0.25) is 11.8 Å². The van der Waals surface area contributed by atoms with Crippen molar-refractivity contribution in [3.05, 3.63) is 64.1 Å². The van der Waals surface area contributed by atoms with Crippen LogP contribution in [0.25, 0.3) is 0 Å². The highest BCUT2D eigenvalue weighted by molar-refractivity contribution is 9.10. The summed E-state index contributed by atoms with van der Waals surface area (Å²) in [7, 11) is 0. The van der Waals surface area contributed by atoms with Crippen LogP contribution < -0.4 is 10.1 Å². The molecule has 0 aliphatic heterocycles. The molecule has 168 valence electrons. The zero-order chi connectivity index (χ0) is 22.8. The lowest BCUT2D eigenvalue weighted by Gasteiger charge is -2.29. The van der Waals surface area contributed by atoms with Crippen molar-refractivity contribution in [2.24, 2.45) is 5.92 Å². The molecule has 0 radical (unpaired) electrons. The Morgan fingerprint density at radius 2 is 1.81 bits per heavy atom. The summed E-state index contributed by atoms with van der Waals surface area (Å²) < 4.78 is 6.69. The predicted molar refractivity (Wildman–Crippen MR) is 128 cm³/mol. The summed E-state index contributed by atoms with van der Waals surface area (Å²) in [5.74, 6) is 0.961. The van der Waals surface area contributed by atoms with Crippen molar-refractivity contribution in [3.8, 4) is 5.75 Å². The minimum absolute atomic E-state index is 0.0559. The standard InChI is InChI=1S/C25H33BrN2O3/c1-18(2)16-27-25(30)20(4)28(17-21-7-5-8-22(26)15-21)24(29)9-6-14-31-23-12-10-19(3)11-13-23/h5,7-8,10-13,15,18,20H,6,9,14,16-17H2,1-4H3,(H,27,30)/t20-/m1/s1. The van der Waals surface area contributed by atoms with E-state index in [1.807, 2.05) is 69.3 Å². The van der Waals surface area contributed by atoms with E-state index in [-0.39, 0.29) is 11.8 Å². The lowest BCUT2D eigenvalue weighted by Crippen LogP contribution is -2.48. The molecule has 2 aromatic carbocycles. The van der Waals surface area contributed by atoms with Gasteiger partial charge in [0.15, 0.2) is 0 Å². The third-order valence-corrected chi connectivity index (χ3v) is 5.41. The van der Waals surface area contributed by atoms with Gasteiger partial charge in [0, 0.05) is 24.0 Å². The Kier molecular flexibility index (Phi) is 10.0.